The van der Waals surface area contributed by atoms with E-state index in [2.05, 4.69) is 5.32 Å². The van der Waals surface area contributed by atoms with Gasteiger partial charge in [0.2, 0.25) is 0 Å². The number of nitrogens with zero attached hydrogens (tertiary/aromatic N) is 2. The summed E-state index contributed by atoms with van der Waals surface area (Å²) in [6.45, 7) is 2.12. The highest BCUT2D eigenvalue weighted by atomic mass is 19.1. The number of ether oxygens (including phenoxy) is 1. The van der Waals surface area contributed by atoms with Crippen LogP contribution >= 0.6 is 0 Å². The summed E-state index contributed by atoms with van der Waals surface area (Å²) in [7, 11) is 1.60. The lowest BCUT2D eigenvalue weighted by atomic mass is 10.1. The Labute approximate surface area is 163 Å². The first kappa shape index (κ1) is 19.7. The number of nitrogens with one attached hydrogen (secondary N) is 1. The van der Waals surface area contributed by atoms with Gasteiger partial charge in [0.1, 0.15) is 11.6 Å². The lowest BCUT2D eigenvalue weighted by molar-refractivity contribution is -0.146. The largest absolute Gasteiger partial charge is 0.497 e. The zero-order valence-corrected chi connectivity index (χ0v) is 15.9. The van der Waals surface area contributed by atoms with E-state index in [9.17, 15) is 14.0 Å². The predicted molar refractivity (Wildman–Crippen MR) is 105 cm³/mol. The molecule has 1 heterocycles. The van der Waals surface area contributed by atoms with Gasteiger partial charge in [-0.05, 0) is 36.2 Å². The predicted octanol–water partition coefficient (Wildman–Crippen LogP) is 1.84. The minimum atomic E-state index is -0.609. The van der Waals surface area contributed by atoms with E-state index < -0.39 is 11.8 Å². The second-order valence-electron chi connectivity index (χ2n) is 6.59. The first-order valence-electron chi connectivity index (χ1n) is 9.28. The van der Waals surface area contributed by atoms with E-state index >= 15 is 0 Å². The van der Waals surface area contributed by atoms with Crippen molar-refractivity contribution in [1.82, 2.24) is 10.2 Å². The summed E-state index contributed by atoms with van der Waals surface area (Å²) >= 11 is 0. The molecule has 0 spiro atoms. The third-order valence-electron chi connectivity index (χ3n) is 4.79. The lowest BCUT2D eigenvalue weighted by Gasteiger charge is -2.35. The number of hydrogen-bond acceptors (Lipinski definition) is 4. The Morgan fingerprint density at radius 3 is 2.54 bits per heavy atom. The number of benzene rings is 2. The number of anilines is 1. The summed E-state index contributed by atoms with van der Waals surface area (Å²) in [5, 5.41) is 2.67. The molecule has 0 radical (unpaired) electrons. The van der Waals surface area contributed by atoms with Crippen LogP contribution in [0.15, 0.2) is 48.5 Å². The van der Waals surface area contributed by atoms with Gasteiger partial charge in [-0.2, -0.15) is 0 Å². The van der Waals surface area contributed by atoms with Gasteiger partial charge in [-0.1, -0.05) is 24.3 Å². The van der Waals surface area contributed by atoms with Crippen molar-refractivity contribution < 1.29 is 18.7 Å². The Kier molecular flexibility index (Phi) is 6.47. The van der Waals surface area contributed by atoms with Crippen LogP contribution in [0.5, 0.6) is 5.75 Å². The molecule has 1 N–H and O–H groups in total. The van der Waals surface area contributed by atoms with Gasteiger partial charge in [0.05, 0.1) is 12.8 Å². The molecule has 1 saturated heterocycles. The average molecular weight is 385 g/mol. The molecule has 0 aliphatic carbocycles. The average Bonchev–Trinajstić information content (AvgIpc) is 2.74. The Hall–Kier alpha value is -3.09. The van der Waals surface area contributed by atoms with E-state index in [1.807, 2.05) is 29.2 Å². The molecule has 1 aliphatic heterocycles. The van der Waals surface area contributed by atoms with Crippen molar-refractivity contribution in [3.8, 4) is 5.75 Å². The molecule has 2 aromatic carbocycles. The maximum atomic E-state index is 13.9. The smallest absolute Gasteiger partial charge is 0.312 e. The van der Waals surface area contributed by atoms with Crippen molar-refractivity contribution in [2.24, 2.45) is 0 Å². The summed E-state index contributed by atoms with van der Waals surface area (Å²) in [6, 6.07) is 14.2. The van der Waals surface area contributed by atoms with Crippen LogP contribution in [0.4, 0.5) is 10.1 Å². The van der Waals surface area contributed by atoms with E-state index in [4.69, 9.17) is 4.74 Å². The fourth-order valence-corrected chi connectivity index (χ4v) is 3.23. The highest BCUT2D eigenvalue weighted by Crippen LogP contribution is 2.20. The van der Waals surface area contributed by atoms with E-state index in [0.717, 1.165) is 11.3 Å². The molecule has 2 aromatic rings. The SMILES string of the molecule is COc1cccc(CCNC(=O)C(=O)N2CCN(c3ccccc3F)CC2)c1. The second kappa shape index (κ2) is 9.21. The van der Waals surface area contributed by atoms with E-state index in [1.54, 1.807) is 25.3 Å². The van der Waals surface area contributed by atoms with Crippen molar-refractivity contribution in [2.45, 2.75) is 6.42 Å². The Balaban J connectivity index is 1.45. The van der Waals surface area contributed by atoms with Crippen molar-refractivity contribution in [1.29, 1.82) is 0 Å². The summed E-state index contributed by atoms with van der Waals surface area (Å²) in [6.07, 6.45) is 0.608. The van der Waals surface area contributed by atoms with E-state index in [1.165, 1.54) is 11.0 Å². The Bertz CT molecular complexity index is 835. The zero-order valence-electron chi connectivity index (χ0n) is 15.9. The first-order chi connectivity index (χ1) is 13.6. The minimum absolute atomic E-state index is 0.280. The van der Waals surface area contributed by atoms with Gasteiger partial charge in [0.15, 0.2) is 0 Å². The standard InChI is InChI=1S/C21H24FN3O3/c1-28-17-6-4-5-16(15-17)9-10-23-20(26)21(27)25-13-11-24(12-14-25)19-8-3-2-7-18(19)22/h2-8,15H,9-14H2,1H3,(H,23,26). The minimum Gasteiger partial charge on any atom is -0.497 e. The van der Waals surface area contributed by atoms with Crippen LogP contribution in [0.1, 0.15) is 5.56 Å². The van der Waals surface area contributed by atoms with Crippen molar-refractivity contribution in [2.75, 3.05) is 44.7 Å². The highest BCUT2D eigenvalue weighted by Gasteiger charge is 2.26. The third-order valence-corrected chi connectivity index (χ3v) is 4.79. The van der Waals surface area contributed by atoms with Gasteiger partial charge in [-0.15, -0.1) is 0 Å². The second-order valence-corrected chi connectivity index (χ2v) is 6.59. The molecule has 6 nitrogen and oxygen atoms in total. The molecule has 0 saturated carbocycles. The van der Waals surface area contributed by atoms with Crippen LogP contribution in [-0.4, -0.2) is 56.5 Å². The molecule has 148 valence electrons. The van der Waals surface area contributed by atoms with Crippen LogP contribution < -0.4 is 15.0 Å². The molecule has 1 fully saturated rings. The molecule has 0 bridgehead atoms. The summed E-state index contributed by atoms with van der Waals surface area (Å²) in [4.78, 5) is 27.9. The quantitative estimate of drug-likeness (QED) is 0.798. The number of methoxy groups -OCH3 is 1. The van der Waals surface area contributed by atoms with Gasteiger partial charge in [0, 0.05) is 32.7 Å². The number of carbonyl (C=O) groups is 2. The van der Waals surface area contributed by atoms with Crippen LogP contribution in [0.25, 0.3) is 0 Å². The zero-order chi connectivity index (χ0) is 19.9. The van der Waals surface area contributed by atoms with Gasteiger partial charge in [0.25, 0.3) is 0 Å². The van der Waals surface area contributed by atoms with Crippen molar-refractivity contribution >= 4 is 17.5 Å². The molecule has 3 rings (SSSR count). The number of piperazine rings is 1. The van der Waals surface area contributed by atoms with Crippen LogP contribution in [0.2, 0.25) is 0 Å². The molecule has 1 aliphatic rings. The number of para-hydroxylation sites is 1. The Morgan fingerprint density at radius 2 is 1.82 bits per heavy atom. The summed E-state index contributed by atoms with van der Waals surface area (Å²) in [5.74, 6) is -0.675. The lowest BCUT2D eigenvalue weighted by Crippen LogP contribution is -2.53. The molecule has 7 heteroatoms. The van der Waals surface area contributed by atoms with Gasteiger partial charge in [-0.3, -0.25) is 9.59 Å². The van der Waals surface area contributed by atoms with Gasteiger partial charge >= 0.3 is 11.8 Å². The normalized spacial score (nSPS) is 13.9. The topological polar surface area (TPSA) is 61.9 Å². The molecular weight excluding hydrogens is 361 g/mol. The van der Waals surface area contributed by atoms with Crippen LogP contribution in [-0.2, 0) is 16.0 Å². The van der Waals surface area contributed by atoms with Crippen molar-refractivity contribution in [3.05, 3.63) is 59.9 Å². The maximum absolute atomic E-state index is 13.9. The summed E-state index contributed by atoms with van der Waals surface area (Å²) < 4.78 is 19.1. The number of carbonyl (C=O) groups excluding carboxylic acids is 2. The number of halogens is 1. The molecule has 0 unspecified atom stereocenters. The van der Waals surface area contributed by atoms with Crippen LogP contribution in [0.3, 0.4) is 0 Å². The highest BCUT2D eigenvalue weighted by molar-refractivity contribution is 6.35. The number of amides is 2. The molecule has 2 amide bonds. The molecule has 28 heavy (non-hydrogen) atoms. The van der Waals surface area contributed by atoms with Gasteiger partial charge in [-0.25, -0.2) is 4.39 Å². The van der Waals surface area contributed by atoms with Gasteiger partial charge < -0.3 is 19.9 Å². The maximum Gasteiger partial charge on any atom is 0.312 e. The summed E-state index contributed by atoms with van der Waals surface area (Å²) in [5.41, 5.74) is 1.54. The number of hydrogen-bond donors (Lipinski definition) is 1. The fraction of sp³-hybridized carbons (Fsp3) is 0.333. The fourth-order valence-electron chi connectivity index (χ4n) is 3.23. The Morgan fingerprint density at radius 1 is 1.07 bits per heavy atom. The monoisotopic (exact) mass is 385 g/mol. The first-order valence-corrected chi connectivity index (χ1v) is 9.28. The van der Waals surface area contributed by atoms with Crippen LogP contribution in [0, 0.1) is 5.82 Å². The van der Waals surface area contributed by atoms with E-state index in [0.29, 0.717) is 44.8 Å². The van der Waals surface area contributed by atoms with E-state index in [-0.39, 0.29) is 5.82 Å². The molecule has 0 atom stereocenters. The third kappa shape index (κ3) is 4.79. The molecular formula is C21H24FN3O3. The molecule has 0 aromatic heterocycles. The number of rotatable bonds is 5. The van der Waals surface area contributed by atoms with Crippen molar-refractivity contribution in [3.63, 3.8) is 0 Å².